The maximum absolute atomic E-state index is 10.9. The van der Waals surface area contributed by atoms with Crippen molar-refractivity contribution in [1.82, 2.24) is 4.98 Å². The molecule has 0 bridgehead atoms. The Morgan fingerprint density at radius 2 is 2.00 bits per heavy atom. The molecule has 0 aliphatic heterocycles. The number of hydrogen-bond acceptors (Lipinski definition) is 3. The highest BCUT2D eigenvalue weighted by atomic mass is 32.1. The highest BCUT2D eigenvalue weighted by Gasteiger charge is 2.13. The molecule has 1 aromatic heterocycles. The van der Waals surface area contributed by atoms with Crippen LogP contribution in [-0.4, -0.2) is 16.1 Å². The first-order chi connectivity index (χ1) is 8.66. The van der Waals surface area contributed by atoms with Crippen LogP contribution in [0.5, 0.6) is 0 Å². The fourth-order valence-electron chi connectivity index (χ4n) is 1.85. The Hall–Kier alpha value is -1.68. The van der Waals surface area contributed by atoms with Crippen molar-refractivity contribution in [3.05, 3.63) is 51.5 Å². The largest absolute Gasteiger partial charge is 0.477 e. The van der Waals surface area contributed by atoms with Crippen LogP contribution >= 0.6 is 11.3 Å². The molecule has 0 unspecified atom stereocenters. The fourth-order valence-corrected chi connectivity index (χ4v) is 2.79. The summed E-state index contributed by atoms with van der Waals surface area (Å²) in [7, 11) is 0. The summed E-state index contributed by atoms with van der Waals surface area (Å²) in [4.78, 5) is 15.6. The predicted molar refractivity (Wildman–Crippen MR) is 72.3 cm³/mol. The normalized spacial score (nSPS) is 10.5. The minimum absolute atomic E-state index is 0.365. The van der Waals surface area contributed by atoms with E-state index >= 15 is 0 Å². The standard InChI is InChI=1S/C14H15NO2S/c1-10-13(14(16)17)18-12(15-10)9-5-8-11-6-3-2-4-7-11/h2-4,6-7H,5,8-9H2,1H3,(H,16,17). The van der Waals surface area contributed by atoms with Crippen LogP contribution in [-0.2, 0) is 12.8 Å². The average Bonchev–Trinajstić information content (AvgIpc) is 2.72. The molecular weight excluding hydrogens is 246 g/mol. The molecule has 18 heavy (non-hydrogen) atoms. The van der Waals surface area contributed by atoms with Gasteiger partial charge >= 0.3 is 5.97 Å². The molecule has 94 valence electrons. The molecule has 0 spiro atoms. The van der Waals surface area contributed by atoms with E-state index in [0.717, 1.165) is 24.3 Å². The van der Waals surface area contributed by atoms with Gasteiger partial charge in [0.05, 0.1) is 10.7 Å². The first-order valence-corrected chi connectivity index (χ1v) is 6.72. The van der Waals surface area contributed by atoms with Crippen LogP contribution in [0.3, 0.4) is 0 Å². The molecule has 1 heterocycles. The SMILES string of the molecule is Cc1nc(CCCc2ccccc2)sc1C(=O)O. The minimum Gasteiger partial charge on any atom is -0.477 e. The van der Waals surface area contributed by atoms with Crippen molar-refractivity contribution in [3.63, 3.8) is 0 Å². The Bertz CT molecular complexity index is 534. The average molecular weight is 261 g/mol. The van der Waals surface area contributed by atoms with Gasteiger partial charge < -0.3 is 5.11 Å². The number of carboxylic acid groups (broad SMARTS) is 1. The van der Waals surface area contributed by atoms with Gasteiger partial charge in [-0.15, -0.1) is 11.3 Å². The summed E-state index contributed by atoms with van der Waals surface area (Å²) in [5, 5.41) is 9.87. The first-order valence-electron chi connectivity index (χ1n) is 5.90. The van der Waals surface area contributed by atoms with Crippen molar-refractivity contribution in [3.8, 4) is 0 Å². The van der Waals surface area contributed by atoms with Crippen LogP contribution in [0.25, 0.3) is 0 Å². The van der Waals surface area contributed by atoms with Crippen molar-refractivity contribution in [2.24, 2.45) is 0 Å². The molecule has 3 nitrogen and oxygen atoms in total. The molecule has 2 rings (SSSR count). The van der Waals surface area contributed by atoms with Gasteiger partial charge in [0.15, 0.2) is 0 Å². The van der Waals surface area contributed by atoms with E-state index in [-0.39, 0.29) is 0 Å². The molecule has 0 amide bonds. The Kier molecular flexibility index (Phi) is 4.10. The molecule has 2 aromatic rings. The molecule has 1 aromatic carbocycles. The number of carboxylic acids is 1. The van der Waals surface area contributed by atoms with Gasteiger partial charge in [0.2, 0.25) is 0 Å². The summed E-state index contributed by atoms with van der Waals surface area (Å²) in [5.41, 5.74) is 1.94. The summed E-state index contributed by atoms with van der Waals surface area (Å²) < 4.78 is 0. The van der Waals surface area contributed by atoms with E-state index < -0.39 is 5.97 Å². The van der Waals surface area contributed by atoms with E-state index in [1.807, 2.05) is 18.2 Å². The molecule has 4 heteroatoms. The third-order valence-electron chi connectivity index (χ3n) is 2.73. The number of rotatable bonds is 5. The van der Waals surface area contributed by atoms with E-state index in [1.165, 1.54) is 16.9 Å². The third kappa shape index (κ3) is 3.17. The quantitative estimate of drug-likeness (QED) is 0.898. The number of aryl methyl sites for hydroxylation is 3. The van der Waals surface area contributed by atoms with Crippen molar-refractivity contribution >= 4 is 17.3 Å². The van der Waals surface area contributed by atoms with Gasteiger partial charge in [-0.3, -0.25) is 0 Å². The van der Waals surface area contributed by atoms with Gasteiger partial charge in [0.1, 0.15) is 4.88 Å². The molecule has 0 aliphatic carbocycles. The maximum atomic E-state index is 10.9. The van der Waals surface area contributed by atoms with Crippen molar-refractivity contribution in [2.45, 2.75) is 26.2 Å². The monoisotopic (exact) mass is 261 g/mol. The Morgan fingerprint density at radius 3 is 2.61 bits per heavy atom. The van der Waals surface area contributed by atoms with E-state index in [2.05, 4.69) is 17.1 Å². The van der Waals surface area contributed by atoms with Crippen LogP contribution in [0, 0.1) is 6.92 Å². The Morgan fingerprint density at radius 1 is 1.28 bits per heavy atom. The number of aromatic nitrogens is 1. The van der Waals surface area contributed by atoms with Crippen LogP contribution in [0.1, 0.15) is 32.4 Å². The van der Waals surface area contributed by atoms with Crippen LogP contribution < -0.4 is 0 Å². The lowest BCUT2D eigenvalue weighted by Crippen LogP contribution is -1.94. The van der Waals surface area contributed by atoms with Gasteiger partial charge in [0.25, 0.3) is 0 Å². The second kappa shape index (κ2) is 5.78. The maximum Gasteiger partial charge on any atom is 0.347 e. The zero-order valence-corrected chi connectivity index (χ0v) is 11.0. The Balaban J connectivity index is 1.91. The topological polar surface area (TPSA) is 50.2 Å². The molecule has 0 radical (unpaired) electrons. The molecule has 0 atom stereocenters. The van der Waals surface area contributed by atoms with E-state index in [9.17, 15) is 4.79 Å². The van der Waals surface area contributed by atoms with Gasteiger partial charge in [-0.25, -0.2) is 9.78 Å². The van der Waals surface area contributed by atoms with Gasteiger partial charge in [-0.1, -0.05) is 30.3 Å². The van der Waals surface area contributed by atoms with Crippen molar-refractivity contribution in [1.29, 1.82) is 0 Å². The first kappa shape index (κ1) is 12.8. The van der Waals surface area contributed by atoms with Gasteiger partial charge in [-0.2, -0.15) is 0 Å². The molecule has 0 saturated heterocycles. The second-order valence-corrected chi connectivity index (χ2v) is 5.25. The van der Waals surface area contributed by atoms with Crippen molar-refractivity contribution in [2.75, 3.05) is 0 Å². The highest BCUT2D eigenvalue weighted by molar-refractivity contribution is 7.13. The molecule has 0 saturated carbocycles. The number of benzene rings is 1. The van der Waals surface area contributed by atoms with Crippen LogP contribution in [0.4, 0.5) is 0 Å². The summed E-state index contributed by atoms with van der Waals surface area (Å²) >= 11 is 1.29. The summed E-state index contributed by atoms with van der Waals surface area (Å²) in [6.07, 6.45) is 2.84. The third-order valence-corrected chi connectivity index (χ3v) is 3.94. The minimum atomic E-state index is -0.876. The number of hydrogen-bond donors (Lipinski definition) is 1. The smallest absolute Gasteiger partial charge is 0.347 e. The number of aromatic carboxylic acids is 1. The number of carbonyl (C=O) groups is 1. The van der Waals surface area contributed by atoms with E-state index in [1.54, 1.807) is 6.92 Å². The second-order valence-electron chi connectivity index (χ2n) is 4.17. The molecule has 0 fully saturated rings. The lowest BCUT2D eigenvalue weighted by Gasteiger charge is -1.98. The molecular formula is C14H15NO2S. The fraction of sp³-hybridized carbons (Fsp3) is 0.286. The highest BCUT2D eigenvalue weighted by Crippen LogP contribution is 2.19. The number of nitrogens with zero attached hydrogens (tertiary/aromatic N) is 1. The zero-order chi connectivity index (χ0) is 13.0. The van der Waals surface area contributed by atoms with Crippen LogP contribution in [0.2, 0.25) is 0 Å². The Labute approximate surface area is 110 Å². The lowest BCUT2D eigenvalue weighted by molar-refractivity contribution is 0.0701. The number of thiazole rings is 1. The molecule has 1 N–H and O–H groups in total. The van der Waals surface area contributed by atoms with Gasteiger partial charge in [0, 0.05) is 0 Å². The van der Waals surface area contributed by atoms with E-state index in [0.29, 0.717) is 10.6 Å². The van der Waals surface area contributed by atoms with Gasteiger partial charge in [-0.05, 0) is 31.7 Å². The van der Waals surface area contributed by atoms with E-state index in [4.69, 9.17) is 5.11 Å². The lowest BCUT2D eigenvalue weighted by atomic mass is 10.1. The van der Waals surface area contributed by atoms with Crippen LogP contribution in [0.15, 0.2) is 30.3 Å². The predicted octanol–water partition coefficient (Wildman–Crippen LogP) is 3.33. The zero-order valence-electron chi connectivity index (χ0n) is 10.2. The molecule has 0 aliphatic rings. The summed E-state index contributed by atoms with van der Waals surface area (Å²) in [6, 6.07) is 10.3. The summed E-state index contributed by atoms with van der Waals surface area (Å²) in [5.74, 6) is -0.876. The summed E-state index contributed by atoms with van der Waals surface area (Å²) in [6.45, 7) is 1.75. The van der Waals surface area contributed by atoms with Crippen molar-refractivity contribution < 1.29 is 9.90 Å².